The van der Waals surface area contributed by atoms with Gasteiger partial charge in [0.2, 0.25) is 0 Å². The number of carboxylic acids is 2. The zero-order chi connectivity index (χ0) is 18.1. The van der Waals surface area contributed by atoms with Crippen molar-refractivity contribution in [1.82, 2.24) is 4.98 Å². The summed E-state index contributed by atoms with van der Waals surface area (Å²) in [7, 11) is 0. The van der Waals surface area contributed by atoms with Crippen molar-refractivity contribution in [2.45, 2.75) is 33.1 Å². The van der Waals surface area contributed by atoms with E-state index in [1.54, 1.807) is 19.1 Å². The van der Waals surface area contributed by atoms with E-state index in [9.17, 15) is 9.59 Å². The van der Waals surface area contributed by atoms with Crippen LogP contribution in [-0.2, 0) is 28.6 Å². The van der Waals surface area contributed by atoms with E-state index in [4.69, 9.17) is 10.2 Å². The Morgan fingerprint density at radius 1 is 1.00 bits per heavy atom. The Labute approximate surface area is 158 Å². The van der Waals surface area contributed by atoms with E-state index in [0.29, 0.717) is 5.92 Å². The van der Waals surface area contributed by atoms with Crippen LogP contribution in [0.2, 0.25) is 0 Å². The van der Waals surface area contributed by atoms with Crippen LogP contribution in [0.1, 0.15) is 48.3 Å². The average molecular weight is 381 g/mol. The van der Waals surface area contributed by atoms with Gasteiger partial charge in [0.1, 0.15) is 5.69 Å². The molecule has 0 amide bonds. The van der Waals surface area contributed by atoms with Gasteiger partial charge in [-0.25, -0.2) is 9.78 Å². The van der Waals surface area contributed by atoms with Crippen LogP contribution in [0.15, 0.2) is 48.7 Å². The molecule has 0 aliphatic rings. The molecule has 1 unspecified atom stereocenters. The maximum Gasteiger partial charge on any atom is 0.354 e. The van der Waals surface area contributed by atoms with Gasteiger partial charge in [-0.1, -0.05) is 44.2 Å². The van der Waals surface area contributed by atoms with Crippen molar-refractivity contribution < 1.29 is 37.2 Å². The number of aromatic carboxylic acids is 1. The van der Waals surface area contributed by atoms with E-state index in [-0.39, 0.29) is 23.1 Å². The van der Waals surface area contributed by atoms with Gasteiger partial charge in [0.25, 0.3) is 0 Å². The Bertz CT molecular complexity index is 657. The van der Waals surface area contributed by atoms with Crippen LogP contribution >= 0.6 is 0 Å². The zero-order valence-corrected chi connectivity index (χ0v) is 15.8. The molecule has 0 bridgehead atoms. The molecule has 25 heavy (non-hydrogen) atoms. The van der Waals surface area contributed by atoms with Crippen LogP contribution in [0.25, 0.3) is 0 Å². The molecule has 0 aliphatic carbocycles. The third kappa shape index (κ3) is 8.48. The van der Waals surface area contributed by atoms with Gasteiger partial charge in [0, 0.05) is 23.6 Å². The fraction of sp³-hybridized carbons (Fsp3) is 0.316. The maximum absolute atomic E-state index is 10.8. The van der Waals surface area contributed by atoms with Gasteiger partial charge in [-0.05, 0) is 42.5 Å². The molecular formula is C19H23CrNO4. The topological polar surface area (TPSA) is 87.5 Å². The number of hydrogen-bond donors (Lipinski definition) is 2. The van der Waals surface area contributed by atoms with Crippen molar-refractivity contribution in [1.29, 1.82) is 0 Å². The van der Waals surface area contributed by atoms with Crippen molar-refractivity contribution in [2.75, 3.05) is 0 Å². The third-order valence-corrected chi connectivity index (χ3v) is 3.38. The first kappa shape index (κ1) is 22.8. The minimum Gasteiger partial charge on any atom is -0.481 e. The SMILES string of the molecule is CC(C)Cc1ccc(C(C)C(=O)O)cc1.O=C(O)c1ccccn1.[Cr]. The molecule has 5 nitrogen and oxygen atoms in total. The number of hydrogen-bond acceptors (Lipinski definition) is 3. The summed E-state index contributed by atoms with van der Waals surface area (Å²) in [4.78, 5) is 24.5. The normalized spacial score (nSPS) is 10.9. The van der Waals surface area contributed by atoms with Crippen molar-refractivity contribution in [3.05, 3.63) is 65.5 Å². The number of nitrogens with zero attached hydrogens (tertiary/aromatic N) is 1. The summed E-state index contributed by atoms with van der Waals surface area (Å²) >= 11 is 0. The second kappa shape index (κ2) is 11.4. The Morgan fingerprint density at radius 2 is 1.60 bits per heavy atom. The van der Waals surface area contributed by atoms with Crippen LogP contribution in [0.4, 0.5) is 0 Å². The summed E-state index contributed by atoms with van der Waals surface area (Å²) in [5, 5.41) is 17.2. The van der Waals surface area contributed by atoms with E-state index in [2.05, 4.69) is 18.8 Å². The Morgan fingerprint density at radius 3 is 1.96 bits per heavy atom. The second-order valence-corrected chi connectivity index (χ2v) is 5.92. The molecule has 1 heterocycles. The van der Waals surface area contributed by atoms with Gasteiger partial charge in [0.05, 0.1) is 5.92 Å². The van der Waals surface area contributed by atoms with E-state index in [1.807, 2.05) is 24.3 Å². The van der Waals surface area contributed by atoms with Gasteiger partial charge < -0.3 is 10.2 Å². The quantitative estimate of drug-likeness (QED) is 0.821. The van der Waals surface area contributed by atoms with Crippen LogP contribution in [-0.4, -0.2) is 27.1 Å². The summed E-state index contributed by atoms with van der Waals surface area (Å²) in [6, 6.07) is 12.6. The standard InChI is InChI=1S/C13H18O2.C6H5NO2.Cr/c1-9(2)8-11-4-6-12(7-5-11)10(3)13(14)15;8-6(9)5-3-1-2-4-7-5;/h4-7,9-10H,8H2,1-3H3,(H,14,15);1-4H,(H,8,9);. The minimum absolute atomic E-state index is 0. The van der Waals surface area contributed by atoms with E-state index in [0.717, 1.165) is 12.0 Å². The summed E-state index contributed by atoms with van der Waals surface area (Å²) < 4.78 is 0. The minimum atomic E-state index is -0.990. The Hall–Kier alpha value is -2.16. The molecule has 0 spiro atoms. The fourth-order valence-electron chi connectivity index (χ4n) is 2.05. The number of benzene rings is 1. The molecule has 2 rings (SSSR count). The van der Waals surface area contributed by atoms with Gasteiger partial charge in [-0.15, -0.1) is 0 Å². The molecule has 1 aromatic heterocycles. The molecule has 0 saturated heterocycles. The number of aliphatic carboxylic acids is 1. The predicted molar refractivity (Wildman–Crippen MR) is 92.2 cm³/mol. The largest absolute Gasteiger partial charge is 0.481 e. The van der Waals surface area contributed by atoms with E-state index in [1.165, 1.54) is 17.8 Å². The Balaban J connectivity index is 0.000000495. The van der Waals surface area contributed by atoms with Gasteiger partial charge in [-0.2, -0.15) is 0 Å². The van der Waals surface area contributed by atoms with Crippen molar-refractivity contribution in [2.24, 2.45) is 5.92 Å². The van der Waals surface area contributed by atoms with Crippen molar-refractivity contribution in [3.8, 4) is 0 Å². The molecular weight excluding hydrogens is 358 g/mol. The van der Waals surface area contributed by atoms with Crippen molar-refractivity contribution >= 4 is 11.9 Å². The molecule has 134 valence electrons. The van der Waals surface area contributed by atoms with E-state index >= 15 is 0 Å². The first-order chi connectivity index (χ1) is 11.3. The average Bonchev–Trinajstić information content (AvgIpc) is 2.55. The molecule has 6 heteroatoms. The van der Waals surface area contributed by atoms with Gasteiger partial charge in [-0.3, -0.25) is 4.79 Å². The van der Waals surface area contributed by atoms with Crippen LogP contribution < -0.4 is 0 Å². The van der Waals surface area contributed by atoms with Crippen molar-refractivity contribution in [3.63, 3.8) is 0 Å². The summed E-state index contributed by atoms with van der Waals surface area (Å²) in [6.07, 6.45) is 2.49. The molecule has 0 saturated carbocycles. The van der Waals surface area contributed by atoms with Crippen LogP contribution in [0.3, 0.4) is 0 Å². The van der Waals surface area contributed by atoms with E-state index < -0.39 is 17.9 Å². The molecule has 1 aromatic carbocycles. The van der Waals surface area contributed by atoms with Gasteiger partial charge >= 0.3 is 11.9 Å². The Kier molecular flexibility index (Phi) is 10.4. The van der Waals surface area contributed by atoms with Crippen LogP contribution in [0, 0.1) is 5.92 Å². The fourth-order valence-corrected chi connectivity index (χ4v) is 2.05. The summed E-state index contributed by atoms with van der Waals surface area (Å²) in [5.74, 6) is -1.55. The number of carbonyl (C=O) groups is 2. The molecule has 2 N–H and O–H groups in total. The maximum atomic E-state index is 10.8. The van der Waals surface area contributed by atoms with Gasteiger partial charge in [0.15, 0.2) is 0 Å². The smallest absolute Gasteiger partial charge is 0.354 e. The molecule has 0 aliphatic heterocycles. The second-order valence-electron chi connectivity index (χ2n) is 5.92. The third-order valence-electron chi connectivity index (χ3n) is 3.38. The molecule has 0 radical (unpaired) electrons. The van der Waals surface area contributed by atoms with Crippen LogP contribution in [0.5, 0.6) is 0 Å². The number of rotatable bonds is 5. The molecule has 0 fully saturated rings. The summed E-state index contributed by atoms with van der Waals surface area (Å²) in [5.41, 5.74) is 2.22. The molecule has 1 atom stereocenters. The summed E-state index contributed by atoms with van der Waals surface area (Å²) in [6.45, 7) is 6.06. The predicted octanol–water partition coefficient (Wildman–Crippen LogP) is 3.85. The first-order valence-electron chi connectivity index (χ1n) is 7.77. The number of carboxylic acid groups (broad SMARTS) is 2. The number of aromatic nitrogens is 1. The first-order valence-corrected chi connectivity index (χ1v) is 7.77. The molecule has 2 aromatic rings. The number of pyridine rings is 1. The zero-order valence-electron chi connectivity index (χ0n) is 14.5. The monoisotopic (exact) mass is 381 g/mol.